The lowest BCUT2D eigenvalue weighted by molar-refractivity contribution is -0.127. The van der Waals surface area contributed by atoms with Gasteiger partial charge in [0.25, 0.3) is 5.91 Å². The second-order valence-corrected chi connectivity index (χ2v) is 7.24. The predicted octanol–water partition coefficient (Wildman–Crippen LogP) is 2.34. The van der Waals surface area contributed by atoms with Crippen molar-refractivity contribution in [1.82, 2.24) is 24.3 Å². The molecule has 4 rings (SSSR count). The molecule has 0 saturated carbocycles. The number of rotatable bonds is 5. The highest BCUT2D eigenvalue weighted by atomic mass is 16.2. The number of para-hydroxylation sites is 1. The van der Waals surface area contributed by atoms with E-state index in [2.05, 4.69) is 16.0 Å². The minimum Gasteiger partial charge on any atom is -0.346 e. The molecule has 8 heteroatoms. The molecule has 0 atom stereocenters. The van der Waals surface area contributed by atoms with Crippen molar-refractivity contribution in [3.8, 4) is 6.07 Å². The van der Waals surface area contributed by atoms with Gasteiger partial charge in [0.2, 0.25) is 5.91 Å². The van der Waals surface area contributed by atoms with E-state index in [0.717, 1.165) is 16.5 Å². The molecule has 1 aliphatic heterocycles. The molecule has 3 heterocycles. The van der Waals surface area contributed by atoms with Gasteiger partial charge < -0.3 is 14.4 Å². The Hall–Kier alpha value is -3.99. The zero-order chi connectivity index (χ0) is 21.6. The van der Waals surface area contributed by atoms with Crippen LogP contribution in [0.1, 0.15) is 22.5 Å². The van der Waals surface area contributed by atoms with Crippen molar-refractivity contribution >= 4 is 28.8 Å². The van der Waals surface area contributed by atoms with Gasteiger partial charge in [-0.05, 0) is 12.1 Å². The third-order valence-corrected chi connectivity index (χ3v) is 5.35. The number of carbonyl (C=O) groups excluding carboxylic acids is 2. The zero-order valence-corrected chi connectivity index (χ0v) is 17.0. The Labute approximate surface area is 180 Å². The van der Waals surface area contributed by atoms with Crippen LogP contribution in [0, 0.1) is 11.3 Å². The minimum atomic E-state index is -0.166. The van der Waals surface area contributed by atoms with Crippen molar-refractivity contribution < 1.29 is 9.59 Å². The van der Waals surface area contributed by atoms with Crippen LogP contribution in [0.3, 0.4) is 0 Å². The predicted molar refractivity (Wildman–Crippen MR) is 116 cm³/mol. The summed E-state index contributed by atoms with van der Waals surface area (Å²) in [4.78, 5) is 36.6. The first-order chi connectivity index (χ1) is 15.2. The molecule has 0 radical (unpaired) electrons. The molecular weight excluding hydrogens is 392 g/mol. The normalized spacial score (nSPS) is 14.2. The standard InChI is InChI=1S/C23H22N6O2/c24-8-3-11-29-17-18(19-4-1-2-5-21(19)29)6-7-22(30)27-12-14-28(15-13-27)23(31)20-16-25-9-10-26-20/h1-2,4-7,9-10,16-17H,3,11-15H2/b7-6+. The lowest BCUT2D eigenvalue weighted by Gasteiger charge is -2.34. The summed E-state index contributed by atoms with van der Waals surface area (Å²) >= 11 is 0. The summed E-state index contributed by atoms with van der Waals surface area (Å²) in [6.07, 6.45) is 10.3. The third kappa shape index (κ3) is 4.46. The molecule has 1 saturated heterocycles. The number of hydrogen-bond acceptors (Lipinski definition) is 5. The first kappa shape index (κ1) is 20.3. The summed E-state index contributed by atoms with van der Waals surface area (Å²) in [6.45, 7) is 2.48. The fourth-order valence-electron chi connectivity index (χ4n) is 3.73. The summed E-state index contributed by atoms with van der Waals surface area (Å²) < 4.78 is 2.04. The Morgan fingerprint density at radius 2 is 1.87 bits per heavy atom. The second-order valence-electron chi connectivity index (χ2n) is 7.24. The van der Waals surface area contributed by atoms with Crippen LogP contribution in [-0.2, 0) is 11.3 Å². The largest absolute Gasteiger partial charge is 0.346 e. The van der Waals surface area contributed by atoms with Gasteiger partial charge in [-0.25, -0.2) is 4.98 Å². The van der Waals surface area contributed by atoms with Crippen molar-refractivity contribution in [2.75, 3.05) is 26.2 Å². The van der Waals surface area contributed by atoms with Crippen LogP contribution in [0.15, 0.2) is 55.1 Å². The van der Waals surface area contributed by atoms with E-state index in [1.54, 1.807) is 15.9 Å². The van der Waals surface area contributed by atoms with Gasteiger partial charge in [0.05, 0.1) is 18.7 Å². The van der Waals surface area contributed by atoms with Crippen LogP contribution in [0.5, 0.6) is 0 Å². The van der Waals surface area contributed by atoms with Gasteiger partial charge in [-0.3, -0.25) is 14.6 Å². The maximum Gasteiger partial charge on any atom is 0.274 e. The number of fused-ring (bicyclic) bond motifs is 1. The van der Waals surface area contributed by atoms with Gasteiger partial charge in [-0.1, -0.05) is 18.2 Å². The van der Waals surface area contributed by atoms with E-state index in [0.29, 0.717) is 44.8 Å². The summed E-state index contributed by atoms with van der Waals surface area (Å²) in [5.41, 5.74) is 2.30. The van der Waals surface area contributed by atoms with Crippen molar-refractivity contribution in [2.24, 2.45) is 0 Å². The number of amides is 2. The van der Waals surface area contributed by atoms with Gasteiger partial charge in [0.1, 0.15) is 5.69 Å². The van der Waals surface area contributed by atoms with Crippen LogP contribution in [0.25, 0.3) is 17.0 Å². The molecule has 0 spiro atoms. The number of hydrogen-bond donors (Lipinski definition) is 0. The average Bonchev–Trinajstić information content (AvgIpc) is 3.19. The second kappa shape index (κ2) is 9.22. The fraction of sp³-hybridized carbons (Fsp3) is 0.261. The molecule has 1 fully saturated rings. The first-order valence-electron chi connectivity index (χ1n) is 10.1. The van der Waals surface area contributed by atoms with Gasteiger partial charge in [0, 0.05) is 73.9 Å². The quantitative estimate of drug-likeness (QED) is 0.597. The Balaban J connectivity index is 1.40. The number of benzene rings is 1. The van der Waals surface area contributed by atoms with Crippen molar-refractivity contribution in [3.63, 3.8) is 0 Å². The van der Waals surface area contributed by atoms with E-state index in [1.807, 2.05) is 41.1 Å². The molecule has 3 aromatic rings. The van der Waals surface area contributed by atoms with Gasteiger partial charge >= 0.3 is 0 Å². The van der Waals surface area contributed by atoms with E-state index < -0.39 is 0 Å². The summed E-state index contributed by atoms with van der Waals surface area (Å²) in [5.74, 6) is -0.249. The van der Waals surface area contributed by atoms with Crippen molar-refractivity contribution in [1.29, 1.82) is 5.26 Å². The SMILES string of the molecule is N#CCCn1cc(/C=C/C(=O)N2CCN(C(=O)c3cnccn3)CC2)c2ccccc21. The van der Waals surface area contributed by atoms with E-state index in [4.69, 9.17) is 5.26 Å². The molecule has 156 valence electrons. The molecule has 1 aromatic carbocycles. The Morgan fingerprint density at radius 3 is 2.61 bits per heavy atom. The minimum absolute atomic E-state index is 0.0829. The molecule has 0 aliphatic carbocycles. The number of nitrogens with zero attached hydrogens (tertiary/aromatic N) is 6. The first-order valence-corrected chi connectivity index (χ1v) is 10.1. The van der Waals surface area contributed by atoms with E-state index in [-0.39, 0.29) is 11.8 Å². The van der Waals surface area contributed by atoms with E-state index in [1.165, 1.54) is 18.6 Å². The number of nitriles is 1. The van der Waals surface area contributed by atoms with Crippen LogP contribution in [0.2, 0.25) is 0 Å². The van der Waals surface area contributed by atoms with Gasteiger partial charge in [0.15, 0.2) is 0 Å². The molecule has 0 N–H and O–H groups in total. The Kier molecular flexibility index (Phi) is 6.03. The summed E-state index contributed by atoms with van der Waals surface area (Å²) in [5, 5.41) is 9.93. The smallest absolute Gasteiger partial charge is 0.274 e. The van der Waals surface area contributed by atoms with E-state index >= 15 is 0 Å². The van der Waals surface area contributed by atoms with Gasteiger partial charge in [-0.2, -0.15) is 5.26 Å². The molecule has 1 aliphatic rings. The highest BCUT2D eigenvalue weighted by molar-refractivity contribution is 5.97. The molecule has 2 amide bonds. The summed E-state index contributed by atoms with van der Waals surface area (Å²) in [7, 11) is 0. The fourth-order valence-corrected chi connectivity index (χ4v) is 3.73. The molecular formula is C23H22N6O2. The van der Waals surface area contributed by atoms with Crippen molar-refractivity contribution in [3.05, 3.63) is 66.4 Å². The van der Waals surface area contributed by atoms with E-state index in [9.17, 15) is 9.59 Å². The Morgan fingerprint density at radius 1 is 1.10 bits per heavy atom. The highest BCUT2D eigenvalue weighted by Crippen LogP contribution is 2.23. The molecule has 8 nitrogen and oxygen atoms in total. The topological polar surface area (TPSA) is 95.1 Å². The van der Waals surface area contributed by atoms with Crippen LogP contribution < -0.4 is 0 Å². The Bertz CT molecular complexity index is 1150. The molecule has 0 unspecified atom stereocenters. The number of aromatic nitrogens is 3. The maximum absolute atomic E-state index is 12.7. The lowest BCUT2D eigenvalue weighted by Crippen LogP contribution is -2.50. The summed E-state index contributed by atoms with van der Waals surface area (Å²) in [6, 6.07) is 10.1. The maximum atomic E-state index is 12.7. The zero-order valence-electron chi connectivity index (χ0n) is 17.0. The van der Waals surface area contributed by atoms with Crippen LogP contribution >= 0.6 is 0 Å². The number of piperazine rings is 1. The van der Waals surface area contributed by atoms with Crippen LogP contribution in [-0.4, -0.2) is 62.3 Å². The van der Waals surface area contributed by atoms with Crippen LogP contribution in [0.4, 0.5) is 0 Å². The van der Waals surface area contributed by atoms with Gasteiger partial charge in [-0.15, -0.1) is 0 Å². The molecule has 0 bridgehead atoms. The highest BCUT2D eigenvalue weighted by Gasteiger charge is 2.24. The monoisotopic (exact) mass is 414 g/mol. The third-order valence-electron chi connectivity index (χ3n) is 5.35. The molecule has 2 aromatic heterocycles. The molecule has 31 heavy (non-hydrogen) atoms. The lowest BCUT2D eigenvalue weighted by atomic mass is 10.1. The van der Waals surface area contributed by atoms with Crippen molar-refractivity contribution in [2.45, 2.75) is 13.0 Å². The average molecular weight is 414 g/mol. The number of aryl methyl sites for hydroxylation is 1. The number of carbonyl (C=O) groups is 2.